The zero-order valence-electron chi connectivity index (χ0n) is 5.29. The van der Waals surface area contributed by atoms with Gasteiger partial charge in [0.2, 0.25) is 0 Å². The van der Waals surface area contributed by atoms with Crippen LogP contribution in [-0.2, 0) is 0 Å². The summed E-state index contributed by atoms with van der Waals surface area (Å²) >= 11 is 0. The highest BCUT2D eigenvalue weighted by Crippen LogP contribution is 2.12. The summed E-state index contributed by atoms with van der Waals surface area (Å²) in [7, 11) is 0. The van der Waals surface area contributed by atoms with Crippen LogP contribution in [-0.4, -0.2) is 0 Å². The van der Waals surface area contributed by atoms with Crippen molar-refractivity contribution in [3.63, 3.8) is 0 Å². The first-order valence-corrected chi connectivity index (χ1v) is 2.72. The molecular weight excluding hydrogens is 153 g/mol. The summed E-state index contributed by atoms with van der Waals surface area (Å²) in [6.45, 7) is 0. The third-order valence-electron chi connectivity index (χ3n) is 1.13. The first-order valence-electron chi connectivity index (χ1n) is 2.72. The highest BCUT2D eigenvalue weighted by molar-refractivity contribution is 5.33. The first kappa shape index (κ1) is 7.67. The largest absolute Gasteiger partial charge is 0.207 e. The molecule has 0 N–H and O–H groups in total. The van der Waals surface area contributed by atoms with E-state index >= 15 is 0 Å². The highest BCUT2D eigenvalue weighted by Gasteiger charge is 2.07. The first-order chi connectivity index (χ1) is 5.15. The van der Waals surface area contributed by atoms with Crippen LogP contribution in [0.2, 0.25) is 0 Å². The number of benzene rings is 1. The second kappa shape index (κ2) is 2.67. The molecular formula is C8H2F3. The van der Waals surface area contributed by atoms with E-state index in [-0.39, 0.29) is 0 Å². The van der Waals surface area contributed by atoms with Crippen LogP contribution in [0, 0.1) is 29.8 Å². The van der Waals surface area contributed by atoms with Gasteiger partial charge in [0.25, 0.3) is 0 Å². The Bertz CT molecular complexity index is 300. The van der Waals surface area contributed by atoms with E-state index in [4.69, 9.17) is 6.42 Å². The van der Waals surface area contributed by atoms with Crippen molar-refractivity contribution in [3.05, 3.63) is 41.6 Å². The van der Waals surface area contributed by atoms with E-state index in [1.54, 1.807) is 0 Å². The van der Waals surface area contributed by atoms with Gasteiger partial charge in [0, 0.05) is 12.1 Å². The van der Waals surface area contributed by atoms with Crippen LogP contribution in [0.5, 0.6) is 0 Å². The monoisotopic (exact) mass is 155 g/mol. The average molecular weight is 155 g/mol. The number of hydrogen-bond donors (Lipinski definition) is 0. The van der Waals surface area contributed by atoms with Gasteiger partial charge in [0.15, 0.2) is 0 Å². The summed E-state index contributed by atoms with van der Waals surface area (Å²) in [6, 6.07) is 1.000. The van der Waals surface area contributed by atoms with Gasteiger partial charge in [0.05, 0.1) is 5.56 Å². The lowest BCUT2D eigenvalue weighted by atomic mass is 10.2. The summed E-state index contributed by atoms with van der Waals surface area (Å²) in [5, 5.41) is 0. The van der Waals surface area contributed by atoms with E-state index in [9.17, 15) is 13.2 Å². The Hall–Kier alpha value is -1.43. The molecule has 0 heterocycles. The van der Waals surface area contributed by atoms with E-state index in [0.29, 0.717) is 12.1 Å². The molecule has 0 fully saturated rings. The molecule has 0 aliphatic carbocycles. The molecule has 0 aliphatic heterocycles. The minimum absolute atomic E-state index is 0.500. The third kappa shape index (κ3) is 1.35. The lowest BCUT2D eigenvalue weighted by Crippen LogP contribution is -1.91. The van der Waals surface area contributed by atoms with Crippen LogP contribution in [0.25, 0.3) is 0 Å². The van der Waals surface area contributed by atoms with Gasteiger partial charge in [-0.25, -0.2) is 13.2 Å². The molecule has 0 aliphatic rings. The molecule has 11 heavy (non-hydrogen) atoms. The predicted octanol–water partition coefficient (Wildman–Crippen LogP) is 2.04. The van der Waals surface area contributed by atoms with Crippen molar-refractivity contribution in [2.45, 2.75) is 0 Å². The normalized spacial score (nSPS) is 9.27. The SMILES string of the molecule is [C]#Cc1c(F)cc(F)cc1F. The van der Waals surface area contributed by atoms with Gasteiger partial charge in [-0.3, -0.25) is 0 Å². The van der Waals surface area contributed by atoms with Gasteiger partial charge in [-0.15, -0.1) is 0 Å². The summed E-state index contributed by atoms with van der Waals surface area (Å²) < 4.78 is 37.1. The van der Waals surface area contributed by atoms with Gasteiger partial charge < -0.3 is 0 Å². The van der Waals surface area contributed by atoms with Crippen molar-refractivity contribution in [3.8, 4) is 5.92 Å². The van der Waals surface area contributed by atoms with E-state index in [1.165, 1.54) is 5.92 Å². The number of halogens is 3. The molecule has 0 saturated carbocycles. The fraction of sp³-hybridized carbons (Fsp3) is 0. The molecule has 55 valence electrons. The fourth-order valence-electron chi connectivity index (χ4n) is 0.662. The molecule has 3 heteroatoms. The van der Waals surface area contributed by atoms with Crippen molar-refractivity contribution in [1.29, 1.82) is 0 Å². The van der Waals surface area contributed by atoms with Crippen molar-refractivity contribution < 1.29 is 13.2 Å². The smallest absolute Gasteiger partial charge is 0.144 e. The molecule has 0 aromatic heterocycles. The highest BCUT2D eigenvalue weighted by atomic mass is 19.1. The van der Waals surface area contributed by atoms with Gasteiger partial charge in [-0.2, -0.15) is 0 Å². The standard InChI is InChI=1S/C8H2F3/c1-2-6-7(10)3-5(9)4-8(6)11/h3-4H. The van der Waals surface area contributed by atoms with Gasteiger partial charge in [-0.1, -0.05) is 0 Å². The molecule has 0 nitrogen and oxygen atoms in total. The maximum atomic E-state index is 12.4. The minimum atomic E-state index is -1.11. The van der Waals surface area contributed by atoms with Crippen molar-refractivity contribution >= 4 is 0 Å². The fourth-order valence-corrected chi connectivity index (χ4v) is 0.662. The van der Waals surface area contributed by atoms with Crippen LogP contribution in [0.3, 0.4) is 0 Å². The Balaban J connectivity index is 3.40. The van der Waals surface area contributed by atoms with E-state index < -0.39 is 23.0 Å². The Morgan fingerprint density at radius 2 is 1.55 bits per heavy atom. The lowest BCUT2D eigenvalue weighted by Gasteiger charge is -1.95. The van der Waals surface area contributed by atoms with E-state index in [2.05, 4.69) is 0 Å². The molecule has 0 unspecified atom stereocenters. The molecule has 0 amide bonds. The third-order valence-corrected chi connectivity index (χ3v) is 1.13. The Morgan fingerprint density at radius 3 is 1.91 bits per heavy atom. The molecule has 1 radical (unpaired) electrons. The van der Waals surface area contributed by atoms with Crippen molar-refractivity contribution in [2.24, 2.45) is 0 Å². The second-order valence-electron chi connectivity index (χ2n) is 1.87. The molecule has 0 bridgehead atoms. The average Bonchev–Trinajstić information content (AvgIpc) is 1.85. The van der Waals surface area contributed by atoms with E-state index in [0.717, 1.165) is 0 Å². The van der Waals surface area contributed by atoms with Crippen LogP contribution >= 0.6 is 0 Å². The molecule has 1 aromatic rings. The Kier molecular flexibility index (Phi) is 1.86. The maximum absolute atomic E-state index is 12.4. The second-order valence-corrected chi connectivity index (χ2v) is 1.87. The predicted molar refractivity (Wildman–Crippen MR) is 32.5 cm³/mol. The summed E-state index contributed by atoms with van der Waals surface area (Å²) in [5.74, 6) is -1.70. The summed E-state index contributed by atoms with van der Waals surface area (Å²) in [4.78, 5) is 0. The van der Waals surface area contributed by atoms with E-state index in [1.807, 2.05) is 0 Å². The Morgan fingerprint density at radius 1 is 1.09 bits per heavy atom. The number of hydrogen-bond acceptors (Lipinski definition) is 0. The van der Waals surface area contributed by atoms with Gasteiger partial charge >= 0.3 is 0 Å². The van der Waals surface area contributed by atoms with Crippen LogP contribution in [0.1, 0.15) is 5.56 Å². The van der Waals surface area contributed by atoms with Gasteiger partial charge in [-0.05, 0) is 12.3 Å². The number of rotatable bonds is 0. The van der Waals surface area contributed by atoms with Crippen LogP contribution < -0.4 is 0 Å². The minimum Gasteiger partial charge on any atom is -0.207 e. The Labute approximate surface area is 61.7 Å². The van der Waals surface area contributed by atoms with Crippen LogP contribution in [0.15, 0.2) is 12.1 Å². The molecule has 1 rings (SSSR count). The molecule has 0 spiro atoms. The summed E-state index contributed by atoms with van der Waals surface area (Å²) in [6.07, 6.45) is 6.44. The zero-order chi connectivity index (χ0) is 8.43. The maximum Gasteiger partial charge on any atom is 0.144 e. The van der Waals surface area contributed by atoms with Crippen molar-refractivity contribution in [1.82, 2.24) is 0 Å². The quantitative estimate of drug-likeness (QED) is 0.503. The summed E-state index contributed by atoms with van der Waals surface area (Å²) in [5.41, 5.74) is -0.647. The van der Waals surface area contributed by atoms with Crippen molar-refractivity contribution in [2.75, 3.05) is 0 Å². The molecule has 1 aromatic carbocycles. The lowest BCUT2D eigenvalue weighted by molar-refractivity contribution is 0.539. The van der Waals surface area contributed by atoms with Crippen LogP contribution in [0.4, 0.5) is 13.2 Å². The zero-order valence-corrected chi connectivity index (χ0v) is 5.29. The van der Waals surface area contributed by atoms with Gasteiger partial charge in [0.1, 0.15) is 17.5 Å². The molecule has 0 atom stereocenters. The molecule has 0 saturated heterocycles. The topological polar surface area (TPSA) is 0 Å².